The van der Waals surface area contributed by atoms with Crippen LogP contribution >= 0.6 is 0 Å². The molecular weight excluding hydrogens is 357 g/mol. The predicted molar refractivity (Wildman–Crippen MR) is 104 cm³/mol. The van der Waals surface area contributed by atoms with Crippen molar-refractivity contribution in [3.05, 3.63) is 72.4 Å². The first kappa shape index (κ1) is 17.1. The Bertz CT molecular complexity index is 1100. The summed E-state index contributed by atoms with van der Waals surface area (Å²) >= 11 is 0. The van der Waals surface area contributed by atoms with Gasteiger partial charge in [0.15, 0.2) is 0 Å². The Hall–Kier alpha value is -3.03. The van der Waals surface area contributed by atoms with E-state index in [1.54, 1.807) is 16.8 Å². The third-order valence-electron chi connectivity index (χ3n) is 5.02. The molecular formula is C21H20FN5O. The molecule has 1 fully saturated rings. The van der Waals surface area contributed by atoms with Gasteiger partial charge in [-0.05, 0) is 42.5 Å². The SMILES string of the molecule is Fc1ccc(-c2ccn(-c3nc(CN4CCOCC4)c4ccccn34)n2)cc1. The van der Waals surface area contributed by atoms with E-state index in [1.165, 1.54) is 12.1 Å². The molecule has 3 aromatic heterocycles. The number of morpholine rings is 1. The molecule has 4 heterocycles. The Morgan fingerprint density at radius 1 is 0.964 bits per heavy atom. The van der Waals surface area contributed by atoms with Crippen LogP contribution in [0.2, 0.25) is 0 Å². The average Bonchev–Trinajstić information content (AvgIpc) is 3.35. The van der Waals surface area contributed by atoms with E-state index < -0.39 is 0 Å². The fourth-order valence-corrected chi connectivity index (χ4v) is 3.54. The second kappa shape index (κ2) is 7.18. The second-order valence-corrected chi connectivity index (χ2v) is 6.86. The summed E-state index contributed by atoms with van der Waals surface area (Å²) in [7, 11) is 0. The molecule has 1 aromatic carbocycles. The monoisotopic (exact) mass is 377 g/mol. The summed E-state index contributed by atoms with van der Waals surface area (Å²) < 4.78 is 22.5. The predicted octanol–water partition coefficient (Wildman–Crippen LogP) is 3.16. The molecule has 0 N–H and O–H groups in total. The van der Waals surface area contributed by atoms with Gasteiger partial charge in [0.05, 0.1) is 30.1 Å². The standard InChI is InChI=1S/C21H20FN5O/c22-17-6-4-16(5-7-17)18-8-10-27(24-18)21-23-19(15-25-11-13-28-14-12-25)20-3-1-2-9-26(20)21/h1-10H,11-15H2. The Kier molecular flexibility index (Phi) is 4.38. The van der Waals surface area contributed by atoms with E-state index in [2.05, 4.69) is 20.5 Å². The first-order valence-electron chi connectivity index (χ1n) is 9.36. The van der Waals surface area contributed by atoms with Crippen LogP contribution < -0.4 is 0 Å². The number of nitrogens with zero attached hydrogens (tertiary/aromatic N) is 5. The van der Waals surface area contributed by atoms with Crippen molar-refractivity contribution in [2.75, 3.05) is 26.3 Å². The maximum Gasteiger partial charge on any atom is 0.235 e. The highest BCUT2D eigenvalue weighted by atomic mass is 19.1. The minimum Gasteiger partial charge on any atom is -0.379 e. The summed E-state index contributed by atoms with van der Waals surface area (Å²) in [4.78, 5) is 7.25. The highest BCUT2D eigenvalue weighted by Gasteiger charge is 2.18. The van der Waals surface area contributed by atoms with Gasteiger partial charge in [-0.15, -0.1) is 0 Å². The molecule has 28 heavy (non-hydrogen) atoms. The summed E-state index contributed by atoms with van der Waals surface area (Å²) in [6.07, 6.45) is 3.89. The summed E-state index contributed by atoms with van der Waals surface area (Å²) in [6, 6.07) is 14.4. The van der Waals surface area contributed by atoms with Crippen LogP contribution in [0.4, 0.5) is 4.39 Å². The second-order valence-electron chi connectivity index (χ2n) is 6.86. The molecule has 1 saturated heterocycles. The van der Waals surface area contributed by atoms with Gasteiger partial charge in [0.25, 0.3) is 0 Å². The van der Waals surface area contributed by atoms with E-state index in [1.807, 2.05) is 30.6 Å². The topological polar surface area (TPSA) is 47.6 Å². The van der Waals surface area contributed by atoms with Crippen molar-refractivity contribution in [3.8, 4) is 17.2 Å². The van der Waals surface area contributed by atoms with Crippen LogP contribution in [0, 0.1) is 5.82 Å². The maximum absolute atomic E-state index is 13.2. The zero-order valence-corrected chi connectivity index (χ0v) is 15.3. The van der Waals surface area contributed by atoms with Crippen molar-refractivity contribution in [1.29, 1.82) is 0 Å². The fourth-order valence-electron chi connectivity index (χ4n) is 3.54. The normalized spacial score (nSPS) is 15.3. The number of pyridine rings is 1. The number of hydrogen-bond acceptors (Lipinski definition) is 4. The quantitative estimate of drug-likeness (QED) is 0.548. The summed E-state index contributed by atoms with van der Waals surface area (Å²) in [6.45, 7) is 4.13. The van der Waals surface area contributed by atoms with Crippen LogP contribution in [0.5, 0.6) is 0 Å². The minimum atomic E-state index is -0.254. The molecule has 0 spiro atoms. The summed E-state index contributed by atoms with van der Waals surface area (Å²) in [5.41, 5.74) is 3.75. The zero-order valence-electron chi connectivity index (χ0n) is 15.3. The van der Waals surface area contributed by atoms with Crippen molar-refractivity contribution < 1.29 is 9.13 Å². The molecule has 0 bridgehead atoms. The first-order valence-corrected chi connectivity index (χ1v) is 9.36. The number of ether oxygens (including phenoxy) is 1. The highest BCUT2D eigenvalue weighted by Crippen LogP contribution is 2.21. The van der Waals surface area contributed by atoms with E-state index in [-0.39, 0.29) is 5.82 Å². The lowest BCUT2D eigenvalue weighted by atomic mass is 10.1. The van der Waals surface area contributed by atoms with Crippen molar-refractivity contribution in [3.63, 3.8) is 0 Å². The van der Waals surface area contributed by atoms with Gasteiger partial charge in [-0.1, -0.05) is 6.07 Å². The van der Waals surface area contributed by atoms with E-state index in [0.29, 0.717) is 0 Å². The first-order chi connectivity index (χ1) is 13.8. The van der Waals surface area contributed by atoms with Crippen molar-refractivity contribution in [2.45, 2.75) is 6.54 Å². The van der Waals surface area contributed by atoms with E-state index in [0.717, 1.165) is 61.3 Å². The smallest absolute Gasteiger partial charge is 0.235 e. The van der Waals surface area contributed by atoms with E-state index in [9.17, 15) is 4.39 Å². The lowest BCUT2D eigenvalue weighted by molar-refractivity contribution is 0.0339. The van der Waals surface area contributed by atoms with Gasteiger partial charge in [-0.25, -0.2) is 14.1 Å². The summed E-state index contributed by atoms with van der Waals surface area (Å²) in [5, 5.41) is 4.67. The van der Waals surface area contributed by atoms with Crippen LogP contribution in [-0.2, 0) is 11.3 Å². The molecule has 0 amide bonds. The molecule has 1 aliphatic heterocycles. The molecule has 7 heteroatoms. The van der Waals surface area contributed by atoms with E-state index >= 15 is 0 Å². The lowest BCUT2D eigenvalue weighted by Crippen LogP contribution is -2.35. The van der Waals surface area contributed by atoms with Crippen LogP contribution in [0.1, 0.15) is 5.69 Å². The molecule has 5 rings (SSSR count). The van der Waals surface area contributed by atoms with Gasteiger partial charge < -0.3 is 4.74 Å². The molecule has 0 saturated carbocycles. The molecule has 6 nitrogen and oxygen atoms in total. The van der Waals surface area contributed by atoms with Gasteiger partial charge in [0.2, 0.25) is 5.95 Å². The number of benzene rings is 1. The molecule has 0 unspecified atom stereocenters. The Morgan fingerprint density at radius 2 is 1.79 bits per heavy atom. The maximum atomic E-state index is 13.2. The Balaban J connectivity index is 1.51. The van der Waals surface area contributed by atoms with Crippen LogP contribution in [0.25, 0.3) is 22.7 Å². The Labute approximate surface area is 161 Å². The van der Waals surface area contributed by atoms with Crippen molar-refractivity contribution in [1.82, 2.24) is 24.1 Å². The average molecular weight is 377 g/mol. The Morgan fingerprint density at radius 3 is 2.61 bits per heavy atom. The number of halogens is 1. The third-order valence-corrected chi connectivity index (χ3v) is 5.02. The number of rotatable bonds is 4. The minimum absolute atomic E-state index is 0.254. The molecule has 0 atom stereocenters. The van der Waals surface area contributed by atoms with Crippen molar-refractivity contribution >= 4 is 5.52 Å². The third kappa shape index (κ3) is 3.19. The molecule has 1 aliphatic rings. The van der Waals surface area contributed by atoms with Gasteiger partial charge in [0, 0.05) is 37.6 Å². The number of hydrogen-bond donors (Lipinski definition) is 0. The van der Waals surface area contributed by atoms with Crippen molar-refractivity contribution in [2.24, 2.45) is 0 Å². The van der Waals surface area contributed by atoms with Gasteiger partial charge in [-0.3, -0.25) is 9.30 Å². The number of fused-ring (bicyclic) bond motifs is 1. The molecule has 0 radical (unpaired) electrons. The largest absolute Gasteiger partial charge is 0.379 e. The van der Waals surface area contributed by atoms with Crippen LogP contribution in [0.15, 0.2) is 60.9 Å². The highest BCUT2D eigenvalue weighted by molar-refractivity contribution is 5.59. The number of aromatic nitrogens is 4. The fraction of sp³-hybridized carbons (Fsp3) is 0.238. The van der Waals surface area contributed by atoms with Gasteiger partial charge in [0.1, 0.15) is 5.82 Å². The molecule has 0 aliphatic carbocycles. The zero-order chi connectivity index (χ0) is 18.9. The van der Waals surface area contributed by atoms with Crippen LogP contribution in [-0.4, -0.2) is 50.4 Å². The van der Waals surface area contributed by atoms with Crippen LogP contribution in [0.3, 0.4) is 0 Å². The molecule has 142 valence electrons. The lowest BCUT2D eigenvalue weighted by Gasteiger charge is -2.25. The summed E-state index contributed by atoms with van der Waals surface area (Å²) in [5.74, 6) is 0.488. The van der Waals surface area contributed by atoms with Gasteiger partial charge in [-0.2, -0.15) is 5.10 Å². The van der Waals surface area contributed by atoms with Gasteiger partial charge >= 0.3 is 0 Å². The van der Waals surface area contributed by atoms with E-state index in [4.69, 9.17) is 9.72 Å². The number of imidazole rings is 1. The molecule has 4 aromatic rings.